The second-order valence-electron chi connectivity index (χ2n) is 6.44. The molecule has 0 amide bonds. The molecule has 1 fully saturated rings. The molecule has 3 aromatic rings. The van der Waals surface area contributed by atoms with Gasteiger partial charge in [-0.15, -0.1) is 0 Å². The maximum absolute atomic E-state index is 5.63. The van der Waals surface area contributed by atoms with Gasteiger partial charge in [-0.2, -0.15) is 15.1 Å². The maximum Gasteiger partial charge on any atom is 0.320 e. The molecule has 1 N–H and O–H groups in total. The molecule has 0 aromatic carbocycles. The van der Waals surface area contributed by atoms with Crippen molar-refractivity contribution in [2.75, 3.05) is 44.3 Å². The van der Waals surface area contributed by atoms with Crippen molar-refractivity contribution in [1.82, 2.24) is 30.0 Å². The van der Waals surface area contributed by atoms with Gasteiger partial charge < -0.3 is 19.7 Å². The summed E-state index contributed by atoms with van der Waals surface area (Å²) in [5.41, 5.74) is 1.60. The van der Waals surface area contributed by atoms with Crippen molar-refractivity contribution in [3.63, 3.8) is 0 Å². The van der Waals surface area contributed by atoms with Crippen LogP contribution in [0.25, 0.3) is 11.0 Å². The van der Waals surface area contributed by atoms with Gasteiger partial charge in [0.05, 0.1) is 37.0 Å². The van der Waals surface area contributed by atoms with Crippen molar-refractivity contribution in [1.29, 1.82) is 0 Å². The maximum atomic E-state index is 5.63. The summed E-state index contributed by atoms with van der Waals surface area (Å²) < 4.78 is 13.0. The molecule has 1 aliphatic heterocycles. The van der Waals surface area contributed by atoms with Crippen molar-refractivity contribution in [2.45, 2.75) is 20.4 Å². The van der Waals surface area contributed by atoms with Crippen LogP contribution in [0.5, 0.6) is 11.9 Å². The molecule has 3 aromatic heterocycles. The second kappa shape index (κ2) is 8.39. The standard InChI is InChI=1S/C19H25N7O2/c1-3-27-16-7-5-6-14(22-16)13-26-18-15(12-21-26)17(23-19(24-18)28-4-2)25-10-8-20-9-11-25/h5-7,12,20H,3-4,8-11,13H2,1-2H3. The van der Waals surface area contributed by atoms with E-state index in [1.54, 1.807) is 0 Å². The predicted octanol–water partition coefficient (Wildman–Crippen LogP) is 1.48. The Bertz CT molecular complexity index is 937. The summed E-state index contributed by atoms with van der Waals surface area (Å²) in [4.78, 5) is 16.0. The van der Waals surface area contributed by atoms with Gasteiger partial charge in [-0.1, -0.05) is 6.07 Å². The fraction of sp³-hybridized carbons (Fsp3) is 0.474. The van der Waals surface area contributed by atoms with Crippen LogP contribution in [0.1, 0.15) is 19.5 Å². The Hall–Kier alpha value is -2.94. The molecule has 4 rings (SSSR count). The van der Waals surface area contributed by atoms with Gasteiger partial charge in [-0.05, 0) is 19.9 Å². The predicted molar refractivity (Wildman–Crippen MR) is 106 cm³/mol. The molecule has 9 nitrogen and oxygen atoms in total. The summed E-state index contributed by atoms with van der Waals surface area (Å²) in [6.07, 6.45) is 1.83. The van der Waals surface area contributed by atoms with E-state index in [0.717, 1.165) is 48.7 Å². The number of hydrogen-bond donors (Lipinski definition) is 1. The molecule has 0 saturated carbocycles. The van der Waals surface area contributed by atoms with Gasteiger partial charge in [0.25, 0.3) is 0 Å². The van der Waals surface area contributed by atoms with E-state index in [2.05, 4.69) is 30.3 Å². The van der Waals surface area contributed by atoms with Gasteiger partial charge in [0.1, 0.15) is 5.82 Å². The Morgan fingerprint density at radius 2 is 1.86 bits per heavy atom. The van der Waals surface area contributed by atoms with E-state index < -0.39 is 0 Å². The van der Waals surface area contributed by atoms with E-state index >= 15 is 0 Å². The molecule has 1 aliphatic rings. The van der Waals surface area contributed by atoms with E-state index in [9.17, 15) is 0 Å². The molecule has 148 valence electrons. The van der Waals surface area contributed by atoms with E-state index in [0.29, 0.717) is 31.6 Å². The van der Waals surface area contributed by atoms with Gasteiger partial charge in [0, 0.05) is 32.2 Å². The van der Waals surface area contributed by atoms with Gasteiger partial charge in [0.2, 0.25) is 5.88 Å². The van der Waals surface area contributed by atoms with Crippen LogP contribution >= 0.6 is 0 Å². The molecule has 9 heteroatoms. The number of fused-ring (bicyclic) bond motifs is 1. The van der Waals surface area contributed by atoms with E-state index in [4.69, 9.17) is 9.47 Å². The first-order valence-corrected chi connectivity index (χ1v) is 9.69. The number of aromatic nitrogens is 5. The highest BCUT2D eigenvalue weighted by Gasteiger charge is 2.20. The highest BCUT2D eigenvalue weighted by molar-refractivity contribution is 5.87. The van der Waals surface area contributed by atoms with Crippen molar-refractivity contribution in [3.8, 4) is 11.9 Å². The quantitative estimate of drug-likeness (QED) is 0.656. The Kier molecular flexibility index (Phi) is 5.52. The summed E-state index contributed by atoms with van der Waals surface area (Å²) in [7, 11) is 0. The third-order valence-electron chi connectivity index (χ3n) is 4.53. The Labute approximate surface area is 163 Å². The number of pyridine rings is 1. The third-order valence-corrected chi connectivity index (χ3v) is 4.53. The molecule has 0 radical (unpaired) electrons. The van der Waals surface area contributed by atoms with Crippen LogP contribution in [0.2, 0.25) is 0 Å². The average molecular weight is 383 g/mol. The van der Waals surface area contributed by atoms with Crippen LogP contribution in [-0.4, -0.2) is 64.1 Å². The number of piperazine rings is 1. The van der Waals surface area contributed by atoms with Crippen molar-refractivity contribution >= 4 is 16.9 Å². The molecule has 0 spiro atoms. The lowest BCUT2D eigenvalue weighted by atomic mass is 10.3. The van der Waals surface area contributed by atoms with E-state index in [1.807, 2.05) is 42.9 Å². The van der Waals surface area contributed by atoms with Crippen LogP contribution in [0.15, 0.2) is 24.4 Å². The highest BCUT2D eigenvalue weighted by atomic mass is 16.5. The van der Waals surface area contributed by atoms with Gasteiger partial charge in [0.15, 0.2) is 5.65 Å². The van der Waals surface area contributed by atoms with Gasteiger partial charge >= 0.3 is 6.01 Å². The normalized spacial score (nSPS) is 14.4. The molecule has 0 unspecified atom stereocenters. The molecule has 28 heavy (non-hydrogen) atoms. The minimum atomic E-state index is 0.376. The molecule has 0 atom stereocenters. The molecular weight excluding hydrogens is 358 g/mol. The second-order valence-corrected chi connectivity index (χ2v) is 6.44. The lowest BCUT2D eigenvalue weighted by molar-refractivity contribution is 0.313. The number of rotatable bonds is 7. The lowest BCUT2D eigenvalue weighted by Crippen LogP contribution is -2.44. The number of ether oxygens (including phenoxy) is 2. The van der Waals surface area contributed by atoms with Crippen LogP contribution in [-0.2, 0) is 6.54 Å². The Balaban J connectivity index is 1.71. The van der Waals surface area contributed by atoms with Gasteiger partial charge in [-0.25, -0.2) is 9.67 Å². The zero-order chi connectivity index (χ0) is 19.3. The van der Waals surface area contributed by atoms with Crippen molar-refractivity contribution in [3.05, 3.63) is 30.1 Å². The first-order valence-electron chi connectivity index (χ1n) is 9.69. The summed E-state index contributed by atoms with van der Waals surface area (Å²) in [5.74, 6) is 1.49. The number of hydrogen-bond acceptors (Lipinski definition) is 8. The third kappa shape index (κ3) is 3.84. The van der Waals surface area contributed by atoms with Crippen molar-refractivity contribution in [2.24, 2.45) is 0 Å². The highest BCUT2D eigenvalue weighted by Crippen LogP contribution is 2.27. The fourth-order valence-electron chi connectivity index (χ4n) is 3.28. The summed E-state index contributed by atoms with van der Waals surface area (Å²) in [5, 5.41) is 8.85. The summed E-state index contributed by atoms with van der Waals surface area (Å²) in [6.45, 7) is 9.10. The fourth-order valence-corrected chi connectivity index (χ4v) is 3.28. The Morgan fingerprint density at radius 1 is 1.04 bits per heavy atom. The molecule has 1 saturated heterocycles. The van der Waals surface area contributed by atoms with E-state index in [-0.39, 0.29) is 0 Å². The molecular formula is C19H25N7O2. The largest absolute Gasteiger partial charge is 0.478 e. The number of anilines is 1. The number of nitrogens with one attached hydrogen (secondary N) is 1. The zero-order valence-corrected chi connectivity index (χ0v) is 16.3. The van der Waals surface area contributed by atoms with E-state index in [1.165, 1.54) is 0 Å². The van der Waals surface area contributed by atoms with Crippen LogP contribution in [0.3, 0.4) is 0 Å². The molecule has 0 aliphatic carbocycles. The topological polar surface area (TPSA) is 90.2 Å². The molecule has 0 bridgehead atoms. The van der Waals surface area contributed by atoms with Crippen LogP contribution in [0, 0.1) is 0 Å². The number of nitrogens with zero attached hydrogens (tertiary/aromatic N) is 6. The average Bonchev–Trinajstić information content (AvgIpc) is 3.12. The minimum absolute atomic E-state index is 0.376. The summed E-state index contributed by atoms with van der Waals surface area (Å²) >= 11 is 0. The monoisotopic (exact) mass is 383 g/mol. The minimum Gasteiger partial charge on any atom is -0.478 e. The summed E-state index contributed by atoms with van der Waals surface area (Å²) in [6, 6.07) is 6.12. The van der Waals surface area contributed by atoms with Crippen molar-refractivity contribution < 1.29 is 9.47 Å². The zero-order valence-electron chi connectivity index (χ0n) is 16.3. The lowest BCUT2D eigenvalue weighted by Gasteiger charge is -2.28. The van der Waals surface area contributed by atoms with Crippen LogP contribution < -0.4 is 19.7 Å². The molecule has 4 heterocycles. The van der Waals surface area contributed by atoms with Gasteiger partial charge in [-0.3, -0.25) is 0 Å². The first kappa shape index (κ1) is 18.4. The first-order chi connectivity index (χ1) is 13.8. The SMILES string of the molecule is CCOc1cccc(Cn2ncc3c(N4CCNCC4)nc(OCC)nc32)n1. The van der Waals surface area contributed by atoms with Crippen LogP contribution in [0.4, 0.5) is 5.82 Å². The smallest absolute Gasteiger partial charge is 0.320 e. The Morgan fingerprint density at radius 3 is 2.64 bits per heavy atom.